The Balaban J connectivity index is 1.77. The number of halogens is 1. The van der Waals surface area contributed by atoms with Crippen molar-refractivity contribution >= 4 is 27.3 Å². The number of nitrogens with one attached hydrogen (secondary N) is 1. The van der Waals surface area contributed by atoms with Gasteiger partial charge in [0.15, 0.2) is 9.84 Å². The second-order valence-electron chi connectivity index (χ2n) is 8.98. The Bertz CT molecular complexity index is 1270. The minimum Gasteiger partial charge on any atom is -0.480 e. The van der Waals surface area contributed by atoms with Crippen LogP contribution in [0.5, 0.6) is 5.88 Å². The maximum Gasteiger partial charge on any atom is 0.275 e. The fourth-order valence-corrected chi connectivity index (χ4v) is 7.65. The van der Waals surface area contributed by atoms with Gasteiger partial charge < -0.3 is 15.8 Å². The maximum atomic E-state index is 15.2. The number of anilines is 1. The van der Waals surface area contributed by atoms with Crippen LogP contribution in [0, 0.1) is 5.82 Å². The third kappa shape index (κ3) is 3.12. The standard InChI is InChI=1S/C22H26FN5O4S/c1-20-8-5-9-21(2,33(20,30)31)22(3,28-19(20)24)14-10-13(6-7-15(14)23)27-18(29)16-11-26-17(32-4)12-25-16/h6-7,10-12H,5,8-9H2,1-4H3,(H2,24,28)(H,27,29)/t20-,21+,22+/m0/s1. The highest BCUT2D eigenvalue weighted by Crippen LogP contribution is 2.56. The second-order valence-corrected chi connectivity index (χ2v) is 11.8. The van der Waals surface area contributed by atoms with E-state index in [1.807, 2.05) is 0 Å². The number of ether oxygens (including phenoxy) is 1. The molecule has 33 heavy (non-hydrogen) atoms. The van der Waals surface area contributed by atoms with E-state index < -0.39 is 36.6 Å². The smallest absolute Gasteiger partial charge is 0.275 e. The van der Waals surface area contributed by atoms with Crippen molar-refractivity contribution in [1.82, 2.24) is 9.97 Å². The largest absolute Gasteiger partial charge is 0.480 e. The van der Waals surface area contributed by atoms with E-state index in [2.05, 4.69) is 20.3 Å². The number of rotatable bonds is 4. The summed E-state index contributed by atoms with van der Waals surface area (Å²) >= 11 is 0. The molecule has 3 N–H and O–H groups in total. The predicted octanol–water partition coefficient (Wildman–Crippen LogP) is 2.58. The SMILES string of the molecule is COc1cnc(C(=O)Nc2ccc(F)c([C@@]3(C)N=C(N)[C@]4(C)CCC[C@@]3(C)S4(=O)=O)c2)cn1. The van der Waals surface area contributed by atoms with Crippen LogP contribution in [-0.2, 0) is 15.4 Å². The van der Waals surface area contributed by atoms with Crippen LogP contribution in [0.25, 0.3) is 0 Å². The topological polar surface area (TPSA) is 137 Å². The zero-order valence-corrected chi connectivity index (χ0v) is 19.7. The molecule has 2 aromatic rings. The number of aliphatic imine (C=N–C) groups is 1. The molecule has 0 saturated carbocycles. The van der Waals surface area contributed by atoms with Gasteiger partial charge in [0.1, 0.15) is 27.6 Å². The van der Waals surface area contributed by atoms with Crippen molar-refractivity contribution in [3.63, 3.8) is 0 Å². The van der Waals surface area contributed by atoms with E-state index >= 15 is 4.39 Å². The van der Waals surface area contributed by atoms with E-state index in [0.717, 1.165) is 0 Å². The first kappa shape index (κ1) is 23.1. The number of carbonyl (C=O) groups is 1. The number of sulfone groups is 1. The van der Waals surface area contributed by atoms with Crippen LogP contribution in [0.2, 0.25) is 0 Å². The lowest BCUT2D eigenvalue weighted by molar-refractivity contribution is 0.102. The highest BCUT2D eigenvalue weighted by molar-refractivity contribution is 7.95. The zero-order valence-electron chi connectivity index (χ0n) is 18.8. The fourth-order valence-electron chi connectivity index (χ4n) is 4.83. The molecule has 2 bridgehead atoms. The summed E-state index contributed by atoms with van der Waals surface area (Å²) in [6.07, 6.45) is 3.86. The minimum atomic E-state index is -3.81. The summed E-state index contributed by atoms with van der Waals surface area (Å²) in [6.45, 7) is 4.77. The van der Waals surface area contributed by atoms with E-state index in [4.69, 9.17) is 10.5 Å². The number of hydrogen-bond donors (Lipinski definition) is 2. The van der Waals surface area contributed by atoms with Gasteiger partial charge in [-0.05, 0) is 58.2 Å². The van der Waals surface area contributed by atoms with E-state index in [0.29, 0.717) is 19.3 Å². The lowest BCUT2D eigenvalue weighted by Gasteiger charge is -2.55. The van der Waals surface area contributed by atoms with E-state index in [1.54, 1.807) is 20.8 Å². The molecule has 0 unspecified atom stereocenters. The van der Waals surface area contributed by atoms with Crippen LogP contribution in [0.1, 0.15) is 56.1 Å². The van der Waals surface area contributed by atoms with Crippen molar-refractivity contribution in [2.24, 2.45) is 10.7 Å². The molecule has 1 amide bonds. The molecule has 2 aliphatic heterocycles. The summed E-state index contributed by atoms with van der Waals surface area (Å²) in [6, 6.07) is 3.96. The second kappa shape index (κ2) is 7.47. The summed E-state index contributed by atoms with van der Waals surface area (Å²) < 4.78 is 44.8. The first-order valence-electron chi connectivity index (χ1n) is 10.5. The lowest BCUT2D eigenvalue weighted by atomic mass is 9.74. The normalized spacial score (nSPS) is 30.3. The van der Waals surface area contributed by atoms with Crippen molar-refractivity contribution in [2.75, 3.05) is 12.4 Å². The van der Waals surface area contributed by atoms with Gasteiger partial charge in [-0.25, -0.2) is 22.8 Å². The van der Waals surface area contributed by atoms with Crippen molar-refractivity contribution in [3.05, 3.63) is 47.7 Å². The van der Waals surface area contributed by atoms with Gasteiger partial charge in [0.2, 0.25) is 5.88 Å². The number of fused-ring (bicyclic) bond motifs is 2. The number of nitrogens with zero attached hydrogens (tertiary/aromatic N) is 3. The average molecular weight is 476 g/mol. The van der Waals surface area contributed by atoms with E-state index in [1.165, 1.54) is 37.7 Å². The molecule has 3 heterocycles. The zero-order chi connectivity index (χ0) is 24.2. The highest BCUT2D eigenvalue weighted by atomic mass is 32.2. The summed E-state index contributed by atoms with van der Waals surface area (Å²) in [5, 5.41) is 2.65. The molecule has 0 radical (unpaired) electrons. The third-order valence-corrected chi connectivity index (χ3v) is 10.6. The molecule has 4 rings (SSSR count). The van der Waals surface area contributed by atoms with Gasteiger partial charge in [0, 0.05) is 11.3 Å². The Labute approximate surface area is 191 Å². The first-order valence-corrected chi connectivity index (χ1v) is 12.0. The van der Waals surface area contributed by atoms with E-state index in [9.17, 15) is 13.2 Å². The van der Waals surface area contributed by atoms with Crippen LogP contribution in [0.15, 0.2) is 35.6 Å². The average Bonchev–Trinajstić information content (AvgIpc) is 2.78. The predicted molar refractivity (Wildman–Crippen MR) is 121 cm³/mol. The molecule has 1 fully saturated rings. The van der Waals surface area contributed by atoms with Gasteiger partial charge >= 0.3 is 0 Å². The molecular weight excluding hydrogens is 449 g/mol. The molecule has 0 spiro atoms. The molecule has 1 aromatic heterocycles. The monoisotopic (exact) mass is 475 g/mol. The summed E-state index contributed by atoms with van der Waals surface area (Å²) in [5.74, 6) is -0.972. The molecule has 3 atom stereocenters. The summed E-state index contributed by atoms with van der Waals surface area (Å²) in [5.41, 5.74) is 5.04. The quantitative estimate of drug-likeness (QED) is 0.693. The highest BCUT2D eigenvalue weighted by Gasteiger charge is 2.67. The minimum absolute atomic E-state index is 0.0236. The number of methoxy groups -OCH3 is 1. The van der Waals surface area contributed by atoms with Crippen molar-refractivity contribution in [2.45, 2.75) is 55.1 Å². The number of amides is 1. The van der Waals surface area contributed by atoms with Gasteiger partial charge in [0.25, 0.3) is 5.91 Å². The van der Waals surface area contributed by atoms with Gasteiger partial charge in [0.05, 0.1) is 24.3 Å². The molecule has 176 valence electrons. The molecule has 0 aliphatic carbocycles. The third-order valence-electron chi connectivity index (χ3n) is 7.23. The number of nitrogens with two attached hydrogens (primary N) is 1. The van der Waals surface area contributed by atoms with Gasteiger partial charge in [-0.15, -0.1) is 0 Å². The fraction of sp³-hybridized carbons (Fsp3) is 0.455. The molecular formula is C22H26FN5O4S. The van der Waals surface area contributed by atoms with Gasteiger partial charge in [-0.1, -0.05) is 0 Å². The van der Waals surface area contributed by atoms with Crippen LogP contribution >= 0.6 is 0 Å². The number of benzene rings is 1. The summed E-state index contributed by atoms with van der Waals surface area (Å²) in [4.78, 5) is 25.1. The molecule has 2 aliphatic rings. The van der Waals surface area contributed by atoms with Gasteiger partial charge in [-0.3, -0.25) is 9.79 Å². The summed E-state index contributed by atoms with van der Waals surface area (Å²) in [7, 11) is -2.38. The number of aromatic nitrogens is 2. The Hall–Kier alpha value is -3.08. The number of carbonyl (C=O) groups excluding carboxylic acids is 1. The van der Waals surface area contributed by atoms with Crippen molar-refractivity contribution < 1.29 is 22.3 Å². The maximum absolute atomic E-state index is 15.2. The van der Waals surface area contributed by atoms with Gasteiger partial charge in [-0.2, -0.15) is 0 Å². The molecule has 9 nitrogen and oxygen atoms in total. The van der Waals surface area contributed by atoms with Crippen molar-refractivity contribution in [3.8, 4) is 5.88 Å². The van der Waals surface area contributed by atoms with E-state index in [-0.39, 0.29) is 28.7 Å². The van der Waals surface area contributed by atoms with Crippen molar-refractivity contribution in [1.29, 1.82) is 0 Å². The number of amidine groups is 1. The lowest BCUT2D eigenvalue weighted by Crippen LogP contribution is -2.69. The molecule has 1 saturated heterocycles. The van der Waals surface area contributed by atoms with Crippen LogP contribution in [0.3, 0.4) is 0 Å². The molecule has 1 aromatic carbocycles. The Kier molecular flexibility index (Phi) is 5.23. The number of hydrogen-bond acceptors (Lipinski definition) is 8. The van der Waals surface area contributed by atoms with Crippen LogP contribution < -0.4 is 15.8 Å². The Morgan fingerprint density at radius 1 is 1.18 bits per heavy atom. The Morgan fingerprint density at radius 3 is 2.55 bits per heavy atom. The van der Waals surface area contributed by atoms with Crippen LogP contribution in [-0.4, -0.2) is 46.7 Å². The molecule has 11 heteroatoms. The van der Waals surface area contributed by atoms with Crippen LogP contribution in [0.4, 0.5) is 10.1 Å². The first-order chi connectivity index (χ1) is 15.4. The Morgan fingerprint density at radius 2 is 1.91 bits per heavy atom.